The van der Waals surface area contributed by atoms with Crippen LogP contribution in [0, 0.1) is 0 Å². The first kappa shape index (κ1) is 7.24. The normalized spacial score (nSPS) is 21.3. The second-order valence-corrected chi connectivity index (χ2v) is 1.99. The third-order valence-electron chi connectivity index (χ3n) is 1.31. The van der Waals surface area contributed by atoms with Crippen LogP contribution in [-0.4, -0.2) is 35.5 Å². The van der Waals surface area contributed by atoms with Gasteiger partial charge in [0, 0.05) is 0 Å². The van der Waals surface area contributed by atoms with Crippen molar-refractivity contribution < 1.29 is 14.6 Å². The second kappa shape index (κ2) is 2.81. The molecule has 1 saturated heterocycles. The molecule has 10 heavy (non-hydrogen) atoms. The van der Waals surface area contributed by atoms with Crippen molar-refractivity contribution >= 4 is 5.91 Å². The SMILES string of the molecule is C=CC(O)N1COCC1=O. The highest BCUT2D eigenvalue weighted by molar-refractivity contribution is 5.79. The molecule has 1 fully saturated rings. The highest BCUT2D eigenvalue weighted by atomic mass is 16.5. The van der Waals surface area contributed by atoms with Gasteiger partial charge in [0.15, 0.2) is 0 Å². The minimum absolute atomic E-state index is 0.0604. The molecule has 0 radical (unpaired) electrons. The zero-order valence-corrected chi connectivity index (χ0v) is 5.49. The highest BCUT2D eigenvalue weighted by Gasteiger charge is 2.24. The molecule has 1 aliphatic heterocycles. The minimum atomic E-state index is -0.907. The van der Waals surface area contributed by atoms with Gasteiger partial charge >= 0.3 is 0 Å². The summed E-state index contributed by atoms with van der Waals surface area (Å²) >= 11 is 0. The van der Waals surface area contributed by atoms with Crippen molar-refractivity contribution in [3.63, 3.8) is 0 Å². The average Bonchev–Trinajstić information content (AvgIpc) is 2.34. The van der Waals surface area contributed by atoms with Gasteiger partial charge in [0.05, 0.1) is 0 Å². The summed E-state index contributed by atoms with van der Waals surface area (Å²) in [5, 5.41) is 9.04. The quantitative estimate of drug-likeness (QED) is 0.520. The Morgan fingerprint density at radius 1 is 1.90 bits per heavy atom. The number of rotatable bonds is 2. The molecule has 0 spiro atoms. The average molecular weight is 143 g/mol. The Morgan fingerprint density at radius 3 is 3.00 bits per heavy atom. The van der Waals surface area contributed by atoms with Crippen LogP contribution in [0.3, 0.4) is 0 Å². The molecule has 1 amide bonds. The Labute approximate surface area is 58.7 Å². The van der Waals surface area contributed by atoms with E-state index in [-0.39, 0.29) is 19.2 Å². The Kier molecular flexibility index (Phi) is 2.03. The van der Waals surface area contributed by atoms with Crippen molar-refractivity contribution in [2.45, 2.75) is 6.23 Å². The summed E-state index contributed by atoms with van der Waals surface area (Å²) in [4.78, 5) is 12.0. The van der Waals surface area contributed by atoms with E-state index in [2.05, 4.69) is 6.58 Å². The van der Waals surface area contributed by atoms with Gasteiger partial charge in [0.1, 0.15) is 19.6 Å². The van der Waals surface area contributed by atoms with Crippen LogP contribution in [-0.2, 0) is 9.53 Å². The zero-order chi connectivity index (χ0) is 7.56. The molecule has 0 saturated carbocycles. The second-order valence-electron chi connectivity index (χ2n) is 1.99. The van der Waals surface area contributed by atoms with Crippen LogP contribution >= 0.6 is 0 Å². The molecule has 0 aliphatic carbocycles. The van der Waals surface area contributed by atoms with Crippen LogP contribution in [0.25, 0.3) is 0 Å². The number of ether oxygens (including phenoxy) is 1. The summed E-state index contributed by atoms with van der Waals surface area (Å²) in [5.74, 6) is -0.201. The molecule has 1 N–H and O–H groups in total. The van der Waals surface area contributed by atoms with Crippen molar-refractivity contribution in [3.8, 4) is 0 Å². The number of aliphatic hydroxyl groups is 1. The van der Waals surface area contributed by atoms with Crippen molar-refractivity contribution in [3.05, 3.63) is 12.7 Å². The lowest BCUT2D eigenvalue weighted by atomic mass is 10.4. The lowest BCUT2D eigenvalue weighted by molar-refractivity contribution is -0.132. The van der Waals surface area contributed by atoms with Gasteiger partial charge in [0.25, 0.3) is 5.91 Å². The topological polar surface area (TPSA) is 49.8 Å². The van der Waals surface area contributed by atoms with E-state index >= 15 is 0 Å². The van der Waals surface area contributed by atoms with Gasteiger partial charge in [-0.25, -0.2) is 0 Å². The van der Waals surface area contributed by atoms with Crippen molar-refractivity contribution in [1.29, 1.82) is 0 Å². The summed E-state index contributed by atoms with van der Waals surface area (Å²) in [5.41, 5.74) is 0. The largest absolute Gasteiger partial charge is 0.370 e. The Balaban J connectivity index is 2.54. The van der Waals surface area contributed by atoms with E-state index in [9.17, 15) is 4.79 Å². The Bertz CT molecular complexity index is 157. The van der Waals surface area contributed by atoms with Gasteiger partial charge in [0.2, 0.25) is 0 Å². The van der Waals surface area contributed by atoms with Gasteiger partial charge in [-0.2, -0.15) is 0 Å². The fourth-order valence-electron chi connectivity index (χ4n) is 0.737. The minimum Gasteiger partial charge on any atom is -0.370 e. The van der Waals surface area contributed by atoms with E-state index in [1.165, 1.54) is 11.0 Å². The summed E-state index contributed by atoms with van der Waals surface area (Å²) in [7, 11) is 0. The highest BCUT2D eigenvalue weighted by Crippen LogP contribution is 2.04. The Hall–Kier alpha value is -0.870. The molecule has 0 aromatic heterocycles. The third kappa shape index (κ3) is 1.17. The molecule has 1 aliphatic rings. The summed E-state index contributed by atoms with van der Waals surface area (Å²) in [6.45, 7) is 3.56. The summed E-state index contributed by atoms with van der Waals surface area (Å²) in [6.07, 6.45) is 0.377. The van der Waals surface area contributed by atoms with Crippen molar-refractivity contribution in [1.82, 2.24) is 4.90 Å². The predicted molar refractivity (Wildman–Crippen MR) is 33.9 cm³/mol. The molecule has 1 atom stereocenters. The van der Waals surface area contributed by atoms with Crippen LogP contribution < -0.4 is 0 Å². The van der Waals surface area contributed by atoms with Crippen LogP contribution in [0.4, 0.5) is 0 Å². The smallest absolute Gasteiger partial charge is 0.252 e. The van der Waals surface area contributed by atoms with Gasteiger partial charge < -0.3 is 9.84 Å². The first-order chi connectivity index (χ1) is 4.75. The van der Waals surface area contributed by atoms with E-state index in [1.54, 1.807) is 0 Å². The van der Waals surface area contributed by atoms with E-state index in [0.29, 0.717) is 0 Å². The van der Waals surface area contributed by atoms with E-state index in [1.807, 2.05) is 0 Å². The molecule has 0 aromatic carbocycles. The van der Waals surface area contributed by atoms with Gasteiger partial charge in [-0.05, 0) is 6.08 Å². The maximum Gasteiger partial charge on any atom is 0.252 e. The maximum absolute atomic E-state index is 10.8. The van der Waals surface area contributed by atoms with Gasteiger partial charge in [-0.3, -0.25) is 9.69 Å². The zero-order valence-electron chi connectivity index (χ0n) is 5.49. The number of hydrogen-bond acceptors (Lipinski definition) is 3. The van der Waals surface area contributed by atoms with E-state index in [4.69, 9.17) is 9.84 Å². The first-order valence-electron chi connectivity index (χ1n) is 2.93. The maximum atomic E-state index is 10.8. The van der Waals surface area contributed by atoms with Crippen molar-refractivity contribution in [2.24, 2.45) is 0 Å². The molecule has 1 unspecified atom stereocenters. The van der Waals surface area contributed by atoms with Gasteiger partial charge in [-0.1, -0.05) is 6.58 Å². The summed E-state index contributed by atoms with van der Waals surface area (Å²) in [6, 6.07) is 0. The number of amides is 1. The fraction of sp³-hybridized carbons (Fsp3) is 0.500. The van der Waals surface area contributed by atoms with Crippen molar-refractivity contribution in [2.75, 3.05) is 13.3 Å². The molecule has 0 aromatic rings. The molecule has 56 valence electrons. The lowest BCUT2D eigenvalue weighted by Gasteiger charge is -2.16. The molecule has 0 bridgehead atoms. The molecule has 4 heteroatoms. The standard InChI is InChI=1S/C6H9NO3/c1-2-5(8)7-4-10-3-6(7)9/h2,5,8H,1,3-4H2. The number of carbonyl (C=O) groups excluding carboxylic acids is 1. The molecule has 4 nitrogen and oxygen atoms in total. The number of carbonyl (C=O) groups is 1. The number of nitrogens with zero attached hydrogens (tertiary/aromatic N) is 1. The molecular formula is C6H9NO3. The lowest BCUT2D eigenvalue weighted by Crippen LogP contribution is -2.35. The van der Waals surface area contributed by atoms with Crippen LogP contribution in [0.15, 0.2) is 12.7 Å². The molecular weight excluding hydrogens is 134 g/mol. The number of aliphatic hydroxyl groups excluding tert-OH is 1. The van der Waals surface area contributed by atoms with Crippen LogP contribution in [0.5, 0.6) is 0 Å². The monoisotopic (exact) mass is 143 g/mol. The van der Waals surface area contributed by atoms with E-state index < -0.39 is 6.23 Å². The van der Waals surface area contributed by atoms with Gasteiger partial charge in [-0.15, -0.1) is 0 Å². The molecule has 1 rings (SSSR count). The fourth-order valence-corrected chi connectivity index (χ4v) is 0.737. The molecule has 1 heterocycles. The summed E-state index contributed by atoms with van der Waals surface area (Å²) < 4.78 is 4.76. The Morgan fingerprint density at radius 2 is 2.60 bits per heavy atom. The predicted octanol–water partition coefficient (Wildman–Crippen LogP) is -0.693. The first-order valence-corrected chi connectivity index (χ1v) is 2.93. The van der Waals surface area contributed by atoms with Crippen LogP contribution in [0.1, 0.15) is 0 Å². The third-order valence-corrected chi connectivity index (χ3v) is 1.31. The van der Waals surface area contributed by atoms with E-state index in [0.717, 1.165) is 0 Å². The number of hydrogen-bond donors (Lipinski definition) is 1. The van der Waals surface area contributed by atoms with Crippen LogP contribution in [0.2, 0.25) is 0 Å².